The Hall–Kier alpha value is -3.77. The predicted molar refractivity (Wildman–Crippen MR) is 128 cm³/mol. The number of nitrogens with one attached hydrogen (secondary N) is 1. The summed E-state index contributed by atoms with van der Waals surface area (Å²) in [5.41, 5.74) is 2.44. The minimum absolute atomic E-state index is 0.105. The molecule has 4 rings (SSSR count). The van der Waals surface area contributed by atoms with Gasteiger partial charge in [-0.25, -0.2) is 0 Å². The van der Waals surface area contributed by atoms with E-state index in [1.54, 1.807) is 29.3 Å². The van der Waals surface area contributed by atoms with Gasteiger partial charge in [-0.1, -0.05) is 54.6 Å². The molecule has 2 aromatic carbocycles. The molecule has 1 fully saturated rings. The highest BCUT2D eigenvalue weighted by atomic mass is 16.5. The van der Waals surface area contributed by atoms with Crippen molar-refractivity contribution >= 4 is 11.8 Å². The van der Waals surface area contributed by atoms with Gasteiger partial charge in [0.05, 0.1) is 13.2 Å². The highest BCUT2D eigenvalue weighted by Gasteiger charge is 2.45. The summed E-state index contributed by atoms with van der Waals surface area (Å²) in [7, 11) is 0. The Bertz CT molecular complexity index is 1100. The molecular weight excluding hydrogens is 414 g/mol. The average Bonchev–Trinajstić information content (AvgIpc) is 2.88. The largest absolute Gasteiger partial charge is 0.361 e. The van der Waals surface area contributed by atoms with Crippen LogP contribution in [0.4, 0.5) is 0 Å². The zero-order valence-electron chi connectivity index (χ0n) is 18.4. The Labute approximate surface area is 193 Å². The number of amides is 2. The highest BCUT2D eigenvalue weighted by Crippen LogP contribution is 2.27. The van der Waals surface area contributed by atoms with Gasteiger partial charge in [0, 0.05) is 37.5 Å². The smallest absolute Gasteiger partial charge is 0.254 e. The van der Waals surface area contributed by atoms with E-state index >= 15 is 0 Å². The lowest BCUT2D eigenvalue weighted by molar-refractivity contribution is -0.157. The molecule has 0 radical (unpaired) electrons. The zero-order valence-corrected chi connectivity index (χ0v) is 18.4. The number of carbonyl (C=O) groups is 2. The molecule has 1 atom stereocenters. The molecule has 0 bridgehead atoms. The van der Waals surface area contributed by atoms with Gasteiger partial charge in [0.25, 0.3) is 11.8 Å². The second-order valence-electron chi connectivity index (χ2n) is 8.05. The van der Waals surface area contributed by atoms with Crippen molar-refractivity contribution in [3.8, 4) is 11.1 Å². The second kappa shape index (κ2) is 10.2. The van der Waals surface area contributed by atoms with E-state index in [0.29, 0.717) is 25.1 Å². The third kappa shape index (κ3) is 5.18. The van der Waals surface area contributed by atoms with Crippen molar-refractivity contribution in [1.29, 1.82) is 0 Å². The molecule has 1 aromatic heterocycles. The monoisotopic (exact) mass is 441 g/mol. The summed E-state index contributed by atoms with van der Waals surface area (Å²) in [6, 6.07) is 21.0. The van der Waals surface area contributed by atoms with Gasteiger partial charge >= 0.3 is 0 Å². The van der Waals surface area contributed by atoms with Crippen LogP contribution in [0.25, 0.3) is 11.1 Å². The van der Waals surface area contributed by atoms with Gasteiger partial charge in [0.15, 0.2) is 5.60 Å². The number of morpholine rings is 1. The average molecular weight is 442 g/mol. The van der Waals surface area contributed by atoms with Gasteiger partial charge < -0.3 is 15.0 Å². The molecule has 0 saturated carbocycles. The maximum absolute atomic E-state index is 13.2. The molecule has 33 heavy (non-hydrogen) atoms. The molecule has 6 nitrogen and oxygen atoms in total. The van der Waals surface area contributed by atoms with E-state index in [2.05, 4.69) is 16.9 Å². The summed E-state index contributed by atoms with van der Waals surface area (Å²) in [6.45, 7) is 4.91. The van der Waals surface area contributed by atoms with Gasteiger partial charge in [-0.15, -0.1) is 6.58 Å². The molecular formula is C27H27N3O3. The number of rotatable bonds is 7. The Morgan fingerprint density at radius 1 is 1.06 bits per heavy atom. The van der Waals surface area contributed by atoms with Gasteiger partial charge in [-0.2, -0.15) is 0 Å². The van der Waals surface area contributed by atoms with Crippen molar-refractivity contribution in [2.45, 2.75) is 12.0 Å². The van der Waals surface area contributed by atoms with Gasteiger partial charge in [0.2, 0.25) is 0 Å². The lowest BCUT2D eigenvalue weighted by atomic mass is 9.90. The Kier molecular flexibility index (Phi) is 6.95. The van der Waals surface area contributed by atoms with Crippen molar-refractivity contribution in [2.24, 2.45) is 0 Å². The van der Waals surface area contributed by atoms with E-state index < -0.39 is 5.60 Å². The quantitative estimate of drug-likeness (QED) is 0.570. The molecule has 3 aromatic rings. The van der Waals surface area contributed by atoms with Crippen LogP contribution in [0.15, 0.2) is 91.8 Å². The number of hydrogen-bond acceptors (Lipinski definition) is 4. The van der Waals surface area contributed by atoms with Crippen molar-refractivity contribution < 1.29 is 14.3 Å². The Morgan fingerprint density at radius 2 is 1.85 bits per heavy atom. The predicted octanol–water partition coefficient (Wildman–Crippen LogP) is 3.50. The molecule has 2 heterocycles. The summed E-state index contributed by atoms with van der Waals surface area (Å²) in [5, 5.41) is 2.87. The van der Waals surface area contributed by atoms with Gasteiger partial charge in [-0.05, 0) is 34.9 Å². The minimum atomic E-state index is -1.18. The topological polar surface area (TPSA) is 71.5 Å². The van der Waals surface area contributed by atoms with Crippen molar-refractivity contribution in [2.75, 3.05) is 26.2 Å². The summed E-state index contributed by atoms with van der Waals surface area (Å²) in [5.74, 6) is -0.351. The third-order valence-electron chi connectivity index (χ3n) is 5.75. The number of aromatic nitrogens is 1. The fraction of sp³-hybridized carbons (Fsp3) is 0.222. The molecule has 0 spiro atoms. The molecule has 1 N–H and O–H groups in total. The first-order valence-corrected chi connectivity index (χ1v) is 11.0. The number of carbonyl (C=O) groups excluding carboxylic acids is 2. The highest BCUT2D eigenvalue weighted by molar-refractivity contribution is 5.95. The summed E-state index contributed by atoms with van der Waals surface area (Å²) in [6.07, 6.45) is 5.54. The first-order valence-electron chi connectivity index (χ1n) is 11.0. The summed E-state index contributed by atoms with van der Waals surface area (Å²) < 4.78 is 6.11. The van der Waals surface area contributed by atoms with E-state index in [9.17, 15) is 9.59 Å². The van der Waals surface area contributed by atoms with Crippen LogP contribution in [-0.4, -0.2) is 53.5 Å². The van der Waals surface area contributed by atoms with Crippen LogP contribution in [0.3, 0.4) is 0 Å². The number of pyridine rings is 1. The fourth-order valence-electron chi connectivity index (χ4n) is 4.05. The molecule has 0 aliphatic carbocycles. The number of ether oxygens (including phenoxy) is 1. The van der Waals surface area contributed by atoms with Crippen LogP contribution in [0, 0.1) is 0 Å². The zero-order chi connectivity index (χ0) is 23.1. The van der Waals surface area contributed by atoms with Crippen LogP contribution in [0.2, 0.25) is 0 Å². The lowest BCUT2D eigenvalue weighted by Gasteiger charge is -2.41. The normalized spacial score (nSPS) is 17.9. The van der Waals surface area contributed by atoms with Crippen molar-refractivity contribution in [3.05, 3.63) is 103 Å². The van der Waals surface area contributed by atoms with Gasteiger partial charge in [-0.3, -0.25) is 14.6 Å². The van der Waals surface area contributed by atoms with Crippen LogP contribution in [0.5, 0.6) is 0 Å². The van der Waals surface area contributed by atoms with Gasteiger partial charge in [0.1, 0.15) is 0 Å². The van der Waals surface area contributed by atoms with Crippen LogP contribution in [-0.2, 0) is 16.0 Å². The van der Waals surface area contributed by atoms with E-state index in [1.165, 1.54) is 0 Å². The molecule has 1 aliphatic rings. The minimum Gasteiger partial charge on any atom is -0.361 e. The van der Waals surface area contributed by atoms with Crippen LogP contribution in [0.1, 0.15) is 15.9 Å². The maximum Gasteiger partial charge on any atom is 0.254 e. The molecule has 1 aliphatic heterocycles. The Balaban J connectivity index is 1.58. The third-order valence-corrected chi connectivity index (χ3v) is 5.75. The fourth-order valence-corrected chi connectivity index (χ4v) is 4.05. The molecule has 6 heteroatoms. The van der Waals surface area contributed by atoms with E-state index in [1.807, 2.05) is 60.8 Å². The standard InChI is InChI=1S/C27H27N3O3/c1-2-14-29-26(32)27(18-21-10-12-22(13-11-21)24-9-6-15-28-19-24)20-30(16-17-33-27)25(31)23-7-4-3-5-8-23/h2-13,15,19H,1,14,16-18,20H2,(H,29,32). The second-order valence-corrected chi connectivity index (χ2v) is 8.05. The number of hydrogen-bond donors (Lipinski definition) is 1. The molecule has 1 unspecified atom stereocenters. The maximum atomic E-state index is 13.2. The van der Waals surface area contributed by atoms with Crippen LogP contribution >= 0.6 is 0 Å². The van der Waals surface area contributed by atoms with E-state index in [-0.39, 0.29) is 25.0 Å². The first-order chi connectivity index (χ1) is 16.1. The lowest BCUT2D eigenvalue weighted by Crippen LogP contribution is -2.62. The summed E-state index contributed by atoms with van der Waals surface area (Å²) in [4.78, 5) is 32.2. The Morgan fingerprint density at radius 3 is 2.55 bits per heavy atom. The SMILES string of the molecule is C=CCNC(=O)C1(Cc2ccc(-c3cccnc3)cc2)CN(C(=O)c2ccccc2)CCO1. The van der Waals surface area contributed by atoms with E-state index in [0.717, 1.165) is 16.7 Å². The van der Waals surface area contributed by atoms with Crippen molar-refractivity contribution in [1.82, 2.24) is 15.2 Å². The van der Waals surface area contributed by atoms with E-state index in [4.69, 9.17) is 4.74 Å². The molecule has 1 saturated heterocycles. The molecule has 168 valence electrons. The summed E-state index contributed by atoms with van der Waals surface area (Å²) >= 11 is 0. The molecule has 2 amide bonds. The number of benzene rings is 2. The number of nitrogens with zero attached hydrogens (tertiary/aromatic N) is 2. The van der Waals surface area contributed by atoms with Crippen molar-refractivity contribution in [3.63, 3.8) is 0 Å². The van der Waals surface area contributed by atoms with Crippen LogP contribution < -0.4 is 5.32 Å². The first kappa shape index (κ1) is 22.4.